The van der Waals surface area contributed by atoms with Crippen molar-refractivity contribution >= 4 is 86.5 Å². The summed E-state index contributed by atoms with van der Waals surface area (Å²) in [6.45, 7) is 5.83. The first-order chi connectivity index (χ1) is 24.2. The van der Waals surface area contributed by atoms with Crippen LogP contribution >= 0.6 is 31.0 Å². The predicted molar refractivity (Wildman–Crippen MR) is 190 cm³/mol. The van der Waals surface area contributed by atoms with Crippen LogP contribution < -0.4 is 0 Å². The number of nitrogens with one attached hydrogen (secondary N) is 1. The van der Waals surface area contributed by atoms with Gasteiger partial charge in [0.05, 0.1) is 49.8 Å². The third-order valence-corrected chi connectivity index (χ3v) is 10.2. The Morgan fingerprint density at radius 1 is 0.902 bits per heavy atom. The minimum atomic E-state index is -4.64. The predicted octanol–water partition coefficient (Wildman–Crippen LogP) is 3.37. The number of aliphatic hydroxyl groups excluding tert-OH is 3. The summed E-state index contributed by atoms with van der Waals surface area (Å²) in [5.41, 5.74) is 2.38. The smallest absolute Gasteiger partial charge is 0.394 e. The van der Waals surface area contributed by atoms with Crippen LogP contribution in [0.4, 0.5) is 0 Å². The summed E-state index contributed by atoms with van der Waals surface area (Å²) >= 11 is 13.6. The molecule has 2 amide bonds. The maximum atomic E-state index is 14.4. The fraction of sp³-hybridized carbons (Fsp3) is 0.394. The molecule has 2 aromatic heterocycles. The zero-order chi connectivity index (χ0) is 37.1. The number of aliphatic hydroxyl groups is 3. The molecule has 0 saturated carbocycles. The van der Waals surface area contributed by atoms with Gasteiger partial charge in [0, 0.05) is 41.7 Å². The highest BCUT2D eigenvalue weighted by atomic mass is 35.5. The molecule has 7 N–H and O–H groups in total. The first kappa shape index (κ1) is 37.6. The zero-order valence-corrected chi connectivity index (χ0v) is 30.1. The van der Waals surface area contributed by atoms with Crippen LogP contribution in [0, 0.1) is 0 Å². The number of aromatic amines is 1. The average Bonchev–Trinajstić information content (AvgIpc) is 3.71. The van der Waals surface area contributed by atoms with E-state index in [2.05, 4.69) is 9.88 Å². The maximum absolute atomic E-state index is 14.4. The molecule has 4 heterocycles. The Bertz CT molecular complexity index is 2210. The third kappa shape index (κ3) is 6.35. The van der Waals surface area contributed by atoms with Crippen molar-refractivity contribution in [2.45, 2.75) is 44.5 Å². The van der Waals surface area contributed by atoms with Gasteiger partial charge in [-0.3, -0.25) is 14.5 Å². The number of carbonyl (C=O) groups excluding carboxylic acids is 2. The normalized spacial score (nSPS) is 22.5. The standard InChI is InChI=1S/C33H34Cl2N4O7.H3O4P/c1-4-37(5-2)12-13-38-31(43)22-20-15-8-6-10-17(34)24(15)36-25(20)27-21(23(22)32(38)44)16-9-7-11-18(35)26(16)39(27)33-29(42)28(41)30(45-3)19(14-40)46-33;1-5(2,3)4/h6-11,19,28-30,33,36,40-42H,4-5,12-14H2,1-3H3;(H3,1,2,3,4)/t19-,28-,29-,30-,33-;/m1./s1. The van der Waals surface area contributed by atoms with Gasteiger partial charge in [0.25, 0.3) is 11.8 Å². The second-order valence-corrected chi connectivity index (χ2v) is 14.1. The van der Waals surface area contributed by atoms with Crippen molar-refractivity contribution < 1.29 is 53.6 Å². The van der Waals surface area contributed by atoms with Gasteiger partial charge < -0.3 is 53.9 Å². The molecule has 0 bridgehead atoms. The number of methoxy groups -OCH3 is 1. The molecule has 2 aliphatic heterocycles. The topological polar surface area (TPSA) is 218 Å². The fourth-order valence-electron chi connectivity index (χ4n) is 7.29. The molecule has 7 rings (SSSR count). The zero-order valence-electron chi connectivity index (χ0n) is 27.7. The second-order valence-electron chi connectivity index (χ2n) is 12.2. The fourth-order valence-corrected chi connectivity index (χ4v) is 7.78. The van der Waals surface area contributed by atoms with Gasteiger partial charge in [0.15, 0.2) is 6.23 Å². The highest BCUT2D eigenvalue weighted by Gasteiger charge is 2.48. The Balaban J connectivity index is 0.000000839. The summed E-state index contributed by atoms with van der Waals surface area (Å²) in [5.74, 6) is -0.845. The first-order valence-electron chi connectivity index (χ1n) is 16.1. The number of benzene rings is 3. The SMILES string of the molecule is CCN(CC)CCN1C(=O)c2c(c3c4cccc(Cl)c4n([C@@H]4O[C@H](CO)[C@@H](OC)[C@H](O)[C@H]4O)c3c3[nH]c4c(Cl)cccc4c23)C1=O.O=P(O)(O)O. The van der Waals surface area contributed by atoms with Crippen molar-refractivity contribution in [3.63, 3.8) is 0 Å². The number of phosphoric acid groups is 1. The van der Waals surface area contributed by atoms with Crippen molar-refractivity contribution in [1.82, 2.24) is 19.4 Å². The lowest BCUT2D eigenvalue weighted by Crippen LogP contribution is -2.57. The van der Waals surface area contributed by atoms with E-state index in [1.807, 2.05) is 19.9 Å². The van der Waals surface area contributed by atoms with E-state index < -0.39 is 56.9 Å². The lowest BCUT2D eigenvalue weighted by Gasteiger charge is -2.42. The molecule has 0 aliphatic carbocycles. The van der Waals surface area contributed by atoms with Crippen LogP contribution in [-0.4, -0.2) is 125 Å². The van der Waals surface area contributed by atoms with Gasteiger partial charge in [-0.2, -0.15) is 0 Å². The first-order valence-corrected chi connectivity index (χ1v) is 18.4. The number of rotatable bonds is 8. The number of fused-ring (bicyclic) bond motifs is 10. The largest absolute Gasteiger partial charge is 0.466 e. The van der Waals surface area contributed by atoms with Crippen molar-refractivity contribution in [3.8, 4) is 0 Å². The van der Waals surface area contributed by atoms with Gasteiger partial charge in [-0.25, -0.2) is 4.57 Å². The molecule has 0 unspecified atom stereocenters. The van der Waals surface area contributed by atoms with Crippen LogP contribution in [0.1, 0.15) is 40.8 Å². The lowest BCUT2D eigenvalue weighted by atomic mass is 9.96. The van der Waals surface area contributed by atoms with Gasteiger partial charge in [-0.1, -0.05) is 61.3 Å². The van der Waals surface area contributed by atoms with E-state index in [9.17, 15) is 24.9 Å². The molecule has 3 aromatic carbocycles. The Morgan fingerprint density at radius 3 is 2.08 bits per heavy atom. The number of nitrogens with zero attached hydrogens (tertiary/aromatic N) is 3. The van der Waals surface area contributed by atoms with E-state index in [0.29, 0.717) is 60.2 Å². The number of halogens is 2. The number of hydrogen-bond donors (Lipinski definition) is 7. The van der Waals surface area contributed by atoms with Crippen LogP contribution in [0.5, 0.6) is 0 Å². The summed E-state index contributed by atoms with van der Waals surface area (Å²) < 4.78 is 22.2. The van der Waals surface area contributed by atoms with Gasteiger partial charge in [-0.15, -0.1) is 0 Å². The maximum Gasteiger partial charge on any atom is 0.466 e. The van der Waals surface area contributed by atoms with Crippen molar-refractivity contribution in [3.05, 3.63) is 57.6 Å². The highest BCUT2D eigenvalue weighted by molar-refractivity contribution is 7.45. The lowest BCUT2D eigenvalue weighted by molar-refractivity contribution is -0.255. The average molecular weight is 768 g/mol. The molecule has 274 valence electrons. The summed E-state index contributed by atoms with van der Waals surface area (Å²) in [6.07, 6.45) is -6.23. The molecular formula is C33H37Cl2N4O11P. The molecule has 51 heavy (non-hydrogen) atoms. The summed E-state index contributed by atoms with van der Waals surface area (Å²) in [4.78, 5) is 57.1. The van der Waals surface area contributed by atoms with Crippen LogP contribution in [0.25, 0.3) is 43.6 Å². The number of aromatic nitrogens is 2. The molecule has 5 aromatic rings. The number of carbonyl (C=O) groups is 2. The number of imide groups is 1. The second kappa shape index (κ2) is 14.3. The summed E-state index contributed by atoms with van der Waals surface area (Å²) in [7, 11) is -3.28. The van der Waals surface area contributed by atoms with Gasteiger partial charge in [0.1, 0.15) is 24.4 Å². The van der Waals surface area contributed by atoms with Gasteiger partial charge >= 0.3 is 7.82 Å². The molecule has 15 nitrogen and oxygen atoms in total. The molecule has 18 heteroatoms. The van der Waals surface area contributed by atoms with Crippen LogP contribution in [0.15, 0.2) is 36.4 Å². The number of para-hydroxylation sites is 2. The minimum absolute atomic E-state index is 0.201. The number of amides is 2. The molecule has 2 aliphatic rings. The Labute approximate surface area is 300 Å². The third-order valence-electron chi connectivity index (χ3n) is 9.56. The number of hydrogen-bond acceptors (Lipinski definition) is 9. The van der Waals surface area contributed by atoms with E-state index in [-0.39, 0.29) is 17.7 Å². The van der Waals surface area contributed by atoms with E-state index >= 15 is 0 Å². The molecule has 0 radical (unpaired) electrons. The van der Waals surface area contributed by atoms with Crippen LogP contribution in [0.3, 0.4) is 0 Å². The summed E-state index contributed by atoms with van der Waals surface area (Å²) in [5, 5.41) is 35.7. The molecule has 0 spiro atoms. The number of ether oxygens (including phenoxy) is 2. The van der Waals surface area contributed by atoms with E-state index in [1.165, 1.54) is 12.0 Å². The van der Waals surface area contributed by atoms with E-state index in [4.69, 9.17) is 51.9 Å². The van der Waals surface area contributed by atoms with Crippen LogP contribution in [0.2, 0.25) is 10.0 Å². The van der Waals surface area contributed by atoms with Gasteiger partial charge in [0.2, 0.25) is 0 Å². The van der Waals surface area contributed by atoms with Crippen molar-refractivity contribution in [1.29, 1.82) is 0 Å². The van der Waals surface area contributed by atoms with Crippen molar-refractivity contribution in [2.75, 3.05) is 39.9 Å². The Kier molecular flexibility index (Phi) is 10.6. The number of H-pyrrole nitrogens is 1. The molecular weight excluding hydrogens is 730 g/mol. The quantitative estimate of drug-likeness (QED) is 0.0894. The molecule has 1 fully saturated rings. The minimum Gasteiger partial charge on any atom is -0.394 e. The Hall–Kier alpha value is -3.15. The molecule has 5 atom stereocenters. The monoisotopic (exact) mass is 766 g/mol. The van der Waals surface area contributed by atoms with Crippen LogP contribution in [-0.2, 0) is 14.0 Å². The summed E-state index contributed by atoms with van der Waals surface area (Å²) in [6, 6.07) is 10.6. The number of likely N-dealkylation sites (N-methyl/N-ethyl adjacent to an activating group) is 1. The van der Waals surface area contributed by atoms with Crippen molar-refractivity contribution in [2.24, 2.45) is 0 Å². The highest BCUT2D eigenvalue weighted by Crippen LogP contribution is 2.49. The van der Waals surface area contributed by atoms with E-state index in [0.717, 1.165) is 13.1 Å². The van der Waals surface area contributed by atoms with E-state index in [1.54, 1.807) is 34.9 Å². The van der Waals surface area contributed by atoms with Gasteiger partial charge in [-0.05, 0) is 25.2 Å². The molecule has 1 saturated heterocycles. The Morgan fingerprint density at radius 2 is 1.49 bits per heavy atom.